The van der Waals surface area contributed by atoms with Gasteiger partial charge in [0.2, 0.25) is 5.95 Å². The SMILES string of the molecule is Cc1ccc2nc(NN=Cc3ccco3)nc(-c3ccccc3)c2c1. The van der Waals surface area contributed by atoms with Gasteiger partial charge in [-0.25, -0.2) is 15.4 Å². The molecular weight excluding hydrogens is 312 g/mol. The molecule has 0 saturated heterocycles. The van der Waals surface area contributed by atoms with Crippen LogP contribution in [-0.2, 0) is 0 Å². The summed E-state index contributed by atoms with van der Waals surface area (Å²) in [5, 5.41) is 5.17. The molecule has 25 heavy (non-hydrogen) atoms. The standard InChI is InChI=1S/C20H16N4O/c1-14-9-10-18-17(12-14)19(15-6-3-2-4-7-15)23-20(22-18)24-21-13-16-8-5-11-25-16/h2-13H,1H3,(H,22,23,24). The molecule has 0 radical (unpaired) electrons. The third-order valence-electron chi connectivity index (χ3n) is 3.80. The average Bonchev–Trinajstić information content (AvgIpc) is 3.15. The van der Waals surface area contributed by atoms with Crippen LogP contribution in [0.15, 0.2) is 76.4 Å². The first-order chi connectivity index (χ1) is 12.3. The minimum absolute atomic E-state index is 0.443. The molecule has 0 bridgehead atoms. The van der Waals surface area contributed by atoms with Gasteiger partial charge in [0.25, 0.3) is 0 Å². The van der Waals surface area contributed by atoms with E-state index in [0.717, 1.165) is 22.2 Å². The van der Waals surface area contributed by atoms with Gasteiger partial charge in [0.15, 0.2) is 0 Å². The van der Waals surface area contributed by atoms with Crippen molar-refractivity contribution in [2.45, 2.75) is 6.92 Å². The summed E-state index contributed by atoms with van der Waals surface area (Å²) >= 11 is 0. The van der Waals surface area contributed by atoms with Gasteiger partial charge in [-0.15, -0.1) is 0 Å². The molecule has 0 aliphatic heterocycles. The van der Waals surface area contributed by atoms with Crippen LogP contribution < -0.4 is 5.43 Å². The van der Waals surface area contributed by atoms with Gasteiger partial charge < -0.3 is 4.42 Å². The highest BCUT2D eigenvalue weighted by Gasteiger charge is 2.09. The Morgan fingerprint density at radius 1 is 1.00 bits per heavy atom. The molecule has 4 rings (SSSR count). The van der Waals surface area contributed by atoms with Crippen molar-refractivity contribution in [1.82, 2.24) is 9.97 Å². The molecule has 0 spiro atoms. The molecule has 0 fully saturated rings. The van der Waals surface area contributed by atoms with Crippen molar-refractivity contribution in [2.24, 2.45) is 5.10 Å². The zero-order valence-electron chi connectivity index (χ0n) is 13.7. The number of nitrogens with zero attached hydrogens (tertiary/aromatic N) is 3. The summed E-state index contributed by atoms with van der Waals surface area (Å²) in [6, 6.07) is 19.9. The summed E-state index contributed by atoms with van der Waals surface area (Å²) in [4.78, 5) is 9.22. The molecule has 0 unspecified atom stereocenters. The van der Waals surface area contributed by atoms with Crippen LogP contribution >= 0.6 is 0 Å². The highest BCUT2D eigenvalue weighted by atomic mass is 16.3. The predicted molar refractivity (Wildman–Crippen MR) is 99.6 cm³/mol. The molecule has 0 saturated carbocycles. The van der Waals surface area contributed by atoms with Crippen LogP contribution in [0.1, 0.15) is 11.3 Å². The van der Waals surface area contributed by atoms with Crippen molar-refractivity contribution in [3.05, 3.63) is 78.3 Å². The summed E-state index contributed by atoms with van der Waals surface area (Å²) in [5.41, 5.74) is 6.85. The van der Waals surface area contributed by atoms with Gasteiger partial charge in [0, 0.05) is 10.9 Å². The van der Waals surface area contributed by atoms with E-state index in [2.05, 4.69) is 33.5 Å². The summed E-state index contributed by atoms with van der Waals surface area (Å²) in [7, 11) is 0. The molecular formula is C20H16N4O. The number of anilines is 1. The second kappa shape index (κ2) is 6.57. The maximum atomic E-state index is 5.22. The van der Waals surface area contributed by atoms with Crippen LogP contribution in [0, 0.1) is 6.92 Å². The number of hydrogen-bond acceptors (Lipinski definition) is 5. The summed E-state index contributed by atoms with van der Waals surface area (Å²) in [6.45, 7) is 2.06. The molecule has 2 aromatic heterocycles. The molecule has 2 aromatic carbocycles. The largest absolute Gasteiger partial charge is 0.463 e. The lowest BCUT2D eigenvalue weighted by Crippen LogP contribution is -1.99. The Labute approximate surface area is 145 Å². The van der Waals surface area contributed by atoms with Crippen LogP contribution in [0.25, 0.3) is 22.2 Å². The van der Waals surface area contributed by atoms with Gasteiger partial charge in [0.1, 0.15) is 5.76 Å². The van der Waals surface area contributed by atoms with E-state index in [0.29, 0.717) is 11.7 Å². The van der Waals surface area contributed by atoms with E-state index in [1.165, 1.54) is 5.56 Å². The van der Waals surface area contributed by atoms with Crippen LogP contribution in [-0.4, -0.2) is 16.2 Å². The summed E-state index contributed by atoms with van der Waals surface area (Å²) in [5.74, 6) is 1.10. The molecule has 0 atom stereocenters. The number of rotatable bonds is 4. The van der Waals surface area contributed by atoms with Crippen LogP contribution in [0.3, 0.4) is 0 Å². The third kappa shape index (κ3) is 3.26. The number of hydrogen-bond donors (Lipinski definition) is 1. The summed E-state index contributed by atoms with van der Waals surface area (Å²) < 4.78 is 5.22. The van der Waals surface area contributed by atoms with Crippen molar-refractivity contribution in [3.8, 4) is 11.3 Å². The van der Waals surface area contributed by atoms with Crippen molar-refractivity contribution in [3.63, 3.8) is 0 Å². The van der Waals surface area contributed by atoms with E-state index in [1.807, 2.05) is 54.6 Å². The maximum absolute atomic E-state index is 5.22. The molecule has 5 heteroatoms. The number of benzene rings is 2. The monoisotopic (exact) mass is 328 g/mol. The highest BCUT2D eigenvalue weighted by Crippen LogP contribution is 2.27. The van der Waals surface area contributed by atoms with Gasteiger partial charge in [-0.3, -0.25) is 0 Å². The van der Waals surface area contributed by atoms with Gasteiger partial charge in [-0.05, 0) is 31.2 Å². The fourth-order valence-corrected chi connectivity index (χ4v) is 2.63. The van der Waals surface area contributed by atoms with E-state index >= 15 is 0 Å². The molecule has 5 nitrogen and oxygen atoms in total. The third-order valence-corrected chi connectivity index (χ3v) is 3.80. The van der Waals surface area contributed by atoms with E-state index in [-0.39, 0.29) is 0 Å². The smallest absolute Gasteiger partial charge is 0.244 e. The molecule has 4 aromatic rings. The molecule has 0 aliphatic rings. The normalized spacial score (nSPS) is 11.2. The maximum Gasteiger partial charge on any atom is 0.244 e. The van der Waals surface area contributed by atoms with Gasteiger partial charge in [-0.1, -0.05) is 42.0 Å². The number of nitrogens with one attached hydrogen (secondary N) is 1. The predicted octanol–water partition coefficient (Wildman–Crippen LogP) is 4.64. The Kier molecular flexibility index (Phi) is 3.96. The minimum atomic E-state index is 0.443. The molecule has 122 valence electrons. The van der Waals surface area contributed by atoms with Crippen LogP contribution in [0.2, 0.25) is 0 Å². The van der Waals surface area contributed by atoms with E-state index in [9.17, 15) is 0 Å². The number of aryl methyl sites for hydroxylation is 1. The average molecular weight is 328 g/mol. The lowest BCUT2D eigenvalue weighted by atomic mass is 10.0. The van der Waals surface area contributed by atoms with Crippen LogP contribution in [0.5, 0.6) is 0 Å². The minimum Gasteiger partial charge on any atom is -0.463 e. The zero-order chi connectivity index (χ0) is 17.1. The van der Waals surface area contributed by atoms with Crippen molar-refractivity contribution in [2.75, 3.05) is 5.43 Å². The highest BCUT2D eigenvalue weighted by molar-refractivity contribution is 5.93. The van der Waals surface area contributed by atoms with Gasteiger partial charge >= 0.3 is 0 Å². The first kappa shape index (κ1) is 15.1. The summed E-state index contributed by atoms with van der Waals surface area (Å²) in [6.07, 6.45) is 3.19. The number of fused-ring (bicyclic) bond motifs is 1. The lowest BCUT2D eigenvalue weighted by Gasteiger charge is -2.09. The fraction of sp³-hybridized carbons (Fsp3) is 0.0500. The van der Waals surface area contributed by atoms with Gasteiger partial charge in [-0.2, -0.15) is 5.10 Å². The van der Waals surface area contributed by atoms with Gasteiger partial charge in [0.05, 0.1) is 23.7 Å². The first-order valence-electron chi connectivity index (χ1n) is 7.96. The fourth-order valence-electron chi connectivity index (χ4n) is 2.63. The quantitative estimate of drug-likeness (QED) is 0.438. The van der Waals surface area contributed by atoms with E-state index in [1.54, 1.807) is 12.5 Å². The lowest BCUT2D eigenvalue weighted by molar-refractivity contribution is 0.560. The Bertz CT molecular complexity index is 1020. The molecule has 0 aliphatic carbocycles. The number of hydrazone groups is 1. The molecule has 0 amide bonds. The van der Waals surface area contributed by atoms with E-state index in [4.69, 9.17) is 4.42 Å². The zero-order valence-corrected chi connectivity index (χ0v) is 13.7. The second-order valence-electron chi connectivity index (χ2n) is 5.67. The topological polar surface area (TPSA) is 63.3 Å². The van der Waals surface area contributed by atoms with Crippen LogP contribution in [0.4, 0.5) is 5.95 Å². The second-order valence-corrected chi connectivity index (χ2v) is 5.67. The Balaban J connectivity index is 1.77. The van der Waals surface area contributed by atoms with Crippen molar-refractivity contribution in [1.29, 1.82) is 0 Å². The van der Waals surface area contributed by atoms with Crippen molar-refractivity contribution < 1.29 is 4.42 Å². The van der Waals surface area contributed by atoms with E-state index < -0.39 is 0 Å². The first-order valence-corrected chi connectivity index (χ1v) is 7.96. The number of furan rings is 1. The number of aromatic nitrogens is 2. The Morgan fingerprint density at radius 3 is 2.68 bits per heavy atom. The molecule has 1 N–H and O–H groups in total. The Hall–Kier alpha value is -3.47. The Morgan fingerprint density at radius 2 is 1.88 bits per heavy atom. The van der Waals surface area contributed by atoms with Crippen molar-refractivity contribution >= 4 is 23.1 Å². The molecule has 2 heterocycles.